The van der Waals surface area contributed by atoms with Crippen molar-refractivity contribution >= 4 is 11.8 Å². The minimum Gasteiger partial charge on any atom is -0.454 e. The average molecular weight is 236 g/mol. The number of rotatable bonds is 2. The number of carbonyl (C=O) groups excluding carboxylic acids is 2. The Labute approximate surface area is 97.9 Å². The third kappa shape index (κ3) is 2.30. The molecule has 0 radical (unpaired) electrons. The van der Waals surface area contributed by atoms with Gasteiger partial charge in [0.1, 0.15) is 0 Å². The lowest BCUT2D eigenvalue weighted by atomic mass is 10.2. The highest BCUT2D eigenvalue weighted by molar-refractivity contribution is 6.34. The van der Waals surface area contributed by atoms with Crippen LogP contribution in [0.1, 0.15) is 5.56 Å². The third-order valence-corrected chi connectivity index (χ3v) is 2.41. The fourth-order valence-corrected chi connectivity index (χ4v) is 1.57. The zero-order chi connectivity index (χ0) is 12.4. The number of hydrogen-bond donors (Lipinski definition) is 1. The highest BCUT2D eigenvalue weighted by atomic mass is 16.7. The normalized spacial score (nSPS) is 12.3. The number of primary amides is 1. The summed E-state index contributed by atoms with van der Waals surface area (Å²) in [4.78, 5) is 23.2. The second-order valence-electron chi connectivity index (χ2n) is 3.71. The van der Waals surface area contributed by atoms with Crippen molar-refractivity contribution in [1.82, 2.24) is 4.90 Å². The number of amides is 2. The second kappa shape index (κ2) is 4.32. The molecule has 2 amide bonds. The van der Waals surface area contributed by atoms with Gasteiger partial charge in [-0.15, -0.1) is 0 Å². The van der Waals surface area contributed by atoms with Gasteiger partial charge in [-0.3, -0.25) is 9.59 Å². The van der Waals surface area contributed by atoms with Gasteiger partial charge >= 0.3 is 11.8 Å². The van der Waals surface area contributed by atoms with Crippen LogP contribution < -0.4 is 15.2 Å². The Hall–Kier alpha value is -2.24. The van der Waals surface area contributed by atoms with Crippen molar-refractivity contribution in [3.63, 3.8) is 0 Å². The predicted octanol–water partition coefficient (Wildman–Crippen LogP) is -0.141. The Balaban J connectivity index is 2.09. The quantitative estimate of drug-likeness (QED) is 0.724. The zero-order valence-corrected chi connectivity index (χ0v) is 9.30. The molecule has 0 unspecified atom stereocenters. The molecule has 1 aliphatic rings. The summed E-state index contributed by atoms with van der Waals surface area (Å²) in [5.41, 5.74) is 5.75. The van der Waals surface area contributed by atoms with Gasteiger partial charge in [0.05, 0.1) is 0 Å². The first kappa shape index (κ1) is 11.3. The largest absolute Gasteiger partial charge is 0.454 e. The van der Waals surface area contributed by atoms with Crippen molar-refractivity contribution < 1.29 is 19.1 Å². The standard InChI is InChI=1S/C11H12N2O4/c1-13(11(15)10(12)14)5-7-2-3-8-9(4-7)17-6-16-8/h2-4H,5-6H2,1H3,(H2,12,14). The average Bonchev–Trinajstić information content (AvgIpc) is 2.74. The number of ether oxygens (including phenoxy) is 2. The van der Waals surface area contributed by atoms with Crippen LogP contribution in [0.5, 0.6) is 11.5 Å². The molecule has 1 aromatic rings. The molecule has 90 valence electrons. The van der Waals surface area contributed by atoms with Crippen LogP contribution in [0.3, 0.4) is 0 Å². The topological polar surface area (TPSA) is 81.9 Å². The van der Waals surface area contributed by atoms with Crippen LogP contribution in [-0.2, 0) is 16.1 Å². The van der Waals surface area contributed by atoms with Crippen molar-refractivity contribution in [1.29, 1.82) is 0 Å². The van der Waals surface area contributed by atoms with E-state index in [1.165, 1.54) is 11.9 Å². The molecule has 1 aromatic carbocycles. The molecule has 1 aliphatic heterocycles. The van der Waals surface area contributed by atoms with Crippen LogP contribution in [0, 0.1) is 0 Å². The molecule has 0 saturated carbocycles. The summed E-state index contributed by atoms with van der Waals surface area (Å²) in [7, 11) is 1.51. The van der Waals surface area contributed by atoms with E-state index < -0.39 is 11.8 Å². The summed E-state index contributed by atoms with van der Waals surface area (Å²) in [6.45, 7) is 0.493. The maximum atomic E-state index is 11.3. The lowest BCUT2D eigenvalue weighted by Gasteiger charge is -2.15. The highest BCUT2D eigenvalue weighted by Gasteiger charge is 2.17. The summed E-state index contributed by atoms with van der Waals surface area (Å²) in [5.74, 6) is -0.365. The van der Waals surface area contributed by atoms with Gasteiger partial charge in [-0.25, -0.2) is 0 Å². The lowest BCUT2D eigenvalue weighted by Crippen LogP contribution is -2.37. The first-order valence-electron chi connectivity index (χ1n) is 5.01. The van der Waals surface area contributed by atoms with Crippen LogP contribution in [0.15, 0.2) is 18.2 Å². The molecule has 17 heavy (non-hydrogen) atoms. The van der Waals surface area contributed by atoms with E-state index in [-0.39, 0.29) is 6.79 Å². The molecular formula is C11H12N2O4. The minimum absolute atomic E-state index is 0.203. The smallest absolute Gasteiger partial charge is 0.311 e. The fourth-order valence-electron chi connectivity index (χ4n) is 1.57. The third-order valence-electron chi connectivity index (χ3n) is 2.41. The van der Waals surface area contributed by atoms with E-state index in [4.69, 9.17) is 15.2 Å². The van der Waals surface area contributed by atoms with Crippen LogP contribution in [0.4, 0.5) is 0 Å². The molecule has 2 rings (SSSR count). The molecule has 6 heteroatoms. The first-order chi connectivity index (χ1) is 8.08. The Bertz CT molecular complexity index is 473. The molecular weight excluding hydrogens is 224 g/mol. The van der Waals surface area contributed by atoms with Gasteiger partial charge in [0.15, 0.2) is 11.5 Å². The Morgan fingerprint density at radius 2 is 2.06 bits per heavy atom. The Kier molecular flexibility index (Phi) is 2.86. The summed E-state index contributed by atoms with van der Waals surface area (Å²) >= 11 is 0. The summed E-state index contributed by atoms with van der Waals surface area (Å²) in [6, 6.07) is 5.34. The van der Waals surface area contributed by atoms with E-state index in [9.17, 15) is 9.59 Å². The molecule has 0 bridgehead atoms. The van der Waals surface area contributed by atoms with Crippen LogP contribution in [0.2, 0.25) is 0 Å². The lowest BCUT2D eigenvalue weighted by molar-refractivity contribution is -0.143. The zero-order valence-electron chi connectivity index (χ0n) is 9.30. The van der Waals surface area contributed by atoms with E-state index in [1.54, 1.807) is 18.2 Å². The maximum Gasteiger partial charge on any atom is 0.311 e. The second-order valence-corrected chi connectivity index (χ2v) is 3.71. The summed E-state index contributed by atoms with van der Waals surface area (Å²) < 4.78 is 10.4. The van der Waals surface area contributed by atoms with Crippen LogP contribution in [-0.4, -0.2) is 30.6 Å². The predicted molar refractivity (Wildman–Crippen MR) is 58.2 cm³/mol. The SMILES string of the molecule is CN(Cc1ccc2c(c1)OCO2)C(=O)C(N)=O. The van der Waals surface area contributed by atoms with E-state index in [2.05, 4.69) is 0 Å². The van der Waals surface area contributed by atoms with E-state index in [0.29, 0.717) is 18.0 Å². The molecule has 0 saturated heterocycles. The van der Waals surface area contributed by atoms with Crippen molar-refractivity contribution in [2.24, 2.45) is 5.73 Å². The number of carbonyl (C=O) groups is 2. The van der Waals surface area contributed by atoms with E-state index in [1.807, 2.05) is 0 Å². The molecule has 0 spiro atoms. The van der Waals surface area contributed by atoms with Gasteiger partial charge < -0.3 is 20.1 Å². The molecule has 0 aromatic heterocycles. The van der Waals surface area contributed by atoms with Crippen LogP contribution >= 0.6 is 0 Å². The monoisotopic (exact) mass is 236 g/mol. The number of fused-ring (bicyclic) bond motifs is 1. The molecule has 0 fully saturated rings. The Morgan fingerprint density at radius 3 is 2.76 bits per heavy atom. The van der Waals surface area contributed by atoms with Crippen molar-refractivity contribution in [2.75, 3.05) is 13.8 Å². The van der Waals surface area contributed by atoms with Crippen LogP contribution in [0.25, 0.3) is 0 Å². The molecule has 0 atom stereocenters. The molecule has 1 heterocycles. The van der Waals surface area contributed by atoms with Gasteiger partial charge in [-0.05, 0) is 17.7 Å². The number of nitrogens with two attached hydrogens (primary N) is 1. The van der Waals surface area contributed by atoms with Crippen molar-refractivity contribution in [3.05, 3.63) is 23.8 Å². The fraction of sp³-hybridized carbons (Fsp3) is 0.273. The molecule has 6 nitrogen and oxygen atoms in total. The van der Waals surface area contributed by atoms with Gasteiger partial charge in [0.25, 0.3) is 0 Å². The maximum absolute atomic E-state index is 11.3. The first-order valence-corrected chi connectivity index (χ1v) is 5.01. The van der Waals surface area contributed by atoms with E-state index >= 15 is 0 Å². The summed E-state index contributed by atoms with van der Waals surface area (Å²) in [6.07, 6.45) is 0. The van der Waals surface area contributed by atoms with Crippen molar-refractivity contribution in [2.45, 2.75) is 6.54 Å². The van der Waals surface area contributed by atoms with E-state index in [0.717, 1.165) is 5.56 Å². The minimum atomic E-state index is -0.965. The van der Waals surface area contributed by atoms with Crippen molar-refractivity contribution in [3.8, 4) is 11.5 Å². The molecule has 0 aliphatic carbocycles. The van der Waals surface area contributed by atoms with Gasteiger partial charge in [-0.1, -0.05) is 6.07 Å². The summed E-state index contributed by atoms with van der Waals surface area (Å²) in [5, 5.41) is 0. The Morgan fingerprint density at radius 1 is 1.35 bits per heavy atom. The van der Waals surface area contributed by atoms with Gasteiger partial charge in [0, 0.05) is 13.6 Å². The number of hydrogen-bond acceptors (Lipinski definition) is 4. The number of likely N-dealkylation sites (N-methyl/N-ethyl adjacent to an activating group) is 1. The molecule has 2 N–H and O–H groups in total. The van der Waals surface area contributed by atoms with Gasteiger partial charge in [-0.2, -0.15) is 0 Å². The highest BCUT2D eigenvalue weighted by Crippen LogP contribution is 2.32. The van der Waals surface area contributed by atoms with Gasteiger partial charge in [0.2, 0.25) is 6.79 Å². The number of benzene rings is 1. The number of nitrogens with zero attached hydrogens (tertiary/aromatic N) is 1.